The molecule has 1 aromatic rings. The zero-order valence-corrected chi connectivity index (χ0v) is 12.5. The normalized spacial score (nSPS) is 18.1. The smallest absolute Gasteiger partial charge is 0.0896 e. The lowest BCUT2D eigenvalue weighted by atomic mass is 9.88. The van der Waals surface area contributed by atoms with E-state index in [-0.39, 0.29) is 11.2 Å². The number of ether oxygens (including phenoxy) is 2. The Morgan fingerprint density at radius 2 is 1.06 bits per heavy atom. The SMILES string of the molecule is CCC(C)(OC)c1ccc(C(C)(CC)OC)cc1. The van der Waals surface area contributed by atoms with Crippen LogP contribution in [-0.4, -0.2) is 14.2 Å². The predicted molar refractivity (Wildman–Crippen MR) is 75.7 cm³/mol. The van der Waals surface area contributed by atoms with Crippen LogP contribution in [0.3, 0.4) is 0 Å². The van der Waals surface area contributed by atoms with Crippen LogP contribution in [-0.2, 0) is 20.7 Å². The highest BCUT2D eigenvalue weighted by atomic mass is 16.5. The van der Waals surface area contributed by atoms with Gasteiger partial charge in [0.25, 0.3) is 0 Å². The lowest BCUT2D eigenvalue weighted by molar-refractivity contribution is -0.00444. The van der Waals surface area contributed by atoms with E-state index in [1.165, 1.54) is 11.1 Å². The minimum atomic E-state index is -0.200. The zero-order valence-electron chi connectivity index (χ0n) is 12.5. The maximum Gasteiger partial charge on any atom is 0.0896 e. The van der Waals surface area contributed by atoms with Crippen LogP contribution in [0.5, 0.6) is 0 Å². The van der Waals surface area contributed by atoms with Crippen molar-refractivity contribution in [2.24, 2.45) is 0 Å². The average molecular weight is 250 g/mol. The summed E-state index contributed by atoms with van der Waals surface area (Å²) in [6, 6.07) is 8.59. The zero-order chi connectivity index (χ0) is 13.8. The van der Waals surface area contributed by atoms with E-state index < -0.39 is 0 Å². The molecule has 0 aliphatic carbocycles. The molecule has 102 valence electrons. The first-order valence-corrected chi connectivity index (χ1v) is 6.67. The second-order valence-corrected chi connectivity index (χ2v) is 5.15. The van der Waals surface area contributed by atoms with Gasteiger partial charge in [0.05, 0.1) is 11.2 Å². The van der Waals surface area contributed by atoms with Gasteiger partial charge in [0.1, 0.15) is 0 Å². The summed E-state index contributed by atoms with van der Waals surface area (Å²) in [5.74, 6) is 0. The molecule has 0 saturated carbocycles. The molecule has 2 heteroatoms. The summed E-state index contributed by atoms with van der Waals surface area (Å²) in [7, 11) is 3.53. The fraction of sp³-hybridized carbons (Fsp3) is 0.625. The molecule has 0 radical (unpaired) electrons. The van der Waals surface area contributed by atoms with E-state index in [2.05, 4.69) is 52.0 Å². The highest BCUT2D eigenvalue weighted by molar-refractivity contribution is 5.30. The molecule has 0 N–H and O–H groups in total. The van der Waals surface area contributed by atoms with Crippen LogP contribution in [0.1, 0.15) is 51.7 Å². The molecule has 2 unspecified atom stereocenters. The topological polar surface area (TPSA) is 18.5 Å². The summed E-state index contributed by atoms with van der Waals surface area (Å²) in [4.78, 5) is 0. The third kappa shape index (κ3) is 2.76. The molecule has 0 aliphatic rings. The van der Waals surface area contributed by atoms with Gasteiger partial charge < -0.3 is 9.47 Å². The highest BCUT2D eigenvalue weighted by Crippen LogP contribution is 2.32. The lowest BCUT2D eigenvalue weighted by Gasteiger charge is -2.30. The summed E-state index contributed by atoms with van der Waals surface area (Å²) in [6.07, 6.45) is 1.91. The summed E-state index contributed by atoms with van der Waals surface area (Å²) < 4.78 is 11.2. The van der Waals surface area contributed by atoms with Gasteiger partial charge in [-0.3, -0.25) is 0 Å². The van der Waals surface area contributed by atoms with Gasteiger partial charge in [-0.1, -0.05) is 38.1 Å². The molecular formula is C16H26O2. The van der Waals surface area contributed by atoms with E-state index in [9.17, 15) is 0 Å². The van der Waals surface area contributed by atoms with Gasteiger partial charge in [0, 0.05) is 14.2 Å². The third-order valence-corrected chi connectivity index (χ3v) is 4.36. The first-order chi connectivity index (χ1) is 8.45. The quantitative estimate of drug-likeness (QED) is 0.752. The van der Waals surface area contributed by atoms with Crippen LogP contribution in [0, 0.1) is 0 Å². The molecule has 0 fully saturated rings. The number of rotatable bonds is 6. The molecule has 0 amide bonds. The van der Waals surface area contributed by atoms with Crippen molar-refractivity contribution < 1.29 is 9.47 Å². The summed E-state index contributed by atoms with van der Waals surface area (Å²) in [6.45, 7) is 8.53. The standard InChI is InChI=1S/C16H26O2/c1-7-15(3,17-5)13-9-11-14(12-10-13)16(4,8-2)18-6/h9-12H,7-8H2,1-6H3. The Bertz CT molecular complexity index is 322. The number of benzene rings is 1. The Labute approximate surface area is 111 Å². The molecular weight excluding hydrogens is 224 g/mol. The van der Waals surface area contributed by atoms with Crippen LogP contribution >= 0.6 is 0 Å². The van der Waals surface area contributed by atoms with Crippen molar-refractivity contribution in [2.75, 3.05) is 14.2 Å². The second-order valence-electron chi connectivity index (χ2n) is 5.15. The predicted octanol–water partition coefficient (Wildman–Crippen LogP) is 4.23. The Morgan fingerprint density at radius 3 is 1.22 bits per heavy atom. The fourth-order valence-electron chi connectivity index (χ4n) is 2.11. The van der Waals surface area contributed by atoms with Gasteiger partial charge in [-0.25, -0.2) is 0 Å². The van der Waals surface area contributed by atoms with Crippen molar-refractivity contribution in [1.29, 1.82) is 0 Å². The Kier molecular flexibility index (Phi) is 4.94. The van der Waals surface area contributed by atoms with Gasteiger partial charge in [-0.05, 0) is 37.8 Å². The van der Waals surface area contributed by atoms with E-state index in [4.69, 9.17) is 9.47 Å². The third-order valence-electron chi connectivity index (χ3n) is 4.36. The van der Waals surface area contributed by atoms with Crippen LogP contribution < -0.4 is 0 Å². The van der Waals surface area contributed by atoms with E-state index in [1.54, 1.807) is 14.2 Å². The minimum absolute atomic E-state index is 0.200. The number of hydrogen-bond donors (Lipinski definition) is 0. The number of hydrogen-bond acceptors (Lipinski definition) is 2. The van der Waals surface area contributed by atoms with Crippen LogP contribution in [0.4, 0.5) is 0 Å². The van der Waals surface area contributed by atoms with Crippen molar-refractivity contribution in [3.63, 3.8) is 0 Å². The summed E-state index contributed by atoms with van der Waals surface area (Å²) >= 11 is 0. The molecule has 1 rings (SSSR count). The minimum Gasteiger partial charge on any atom is -0.374 e. The van der Waals surface area contributed by atoms with Crippen molar-refractivity contribution in [1.82, 2.24) is 0 Å². The van der Waals surface area contributed by atoms with Crippen molar-refractivity contribution in [3.8, 4) is 0 Å². The maximum atomic E-state index is 5.62. The summed E-state index contributed by atoms with van der Waals surface area (Å²) in [5, 5.41) is 0. The molecule has 2 atom stereocenters. The van der Waals surface area contributed by atoms with E-state index in [1.807, 2.05) is 0 Å². The van der Waals surface area contributed by atoms with Crippen LogP contribution in [0.2, 0.25) is 0 Å². The number of methoxy groups -OCH3 is 2. The Morgan fingerprint density at radius 1 is 0.778 bits per heavy atom. The fourth-order valence-corrected chi connectivity index (χ4v) is 2.11. The van der Waals surface area contributed by atoms with Crippen molar-refractivity contribution in [2.45, 2.75) is 51.7 Å². The van der Waals surface area contributed by atoms with Gasteiger partial charge >= 0.3 is 0 Å². The maximum absolute atomic E-state index is 5.62. The molecule has 2 nitrogen and oxygen atoms in total. The van der Waals surface area contributed by atoms with Crippen molar-refractivity contribution >= 4 is 0 Å². The molecule has 0 aromatic heterocycles. The van der Waals surface area contributed by atoms with Gasteiger partial charge in [-0.2, -0.15) is 0 Å². The van der Waals surface area contributed by atoms with Gasteiger partial charge in [-0.15, -0.1) is 0 Å². The summed E-state index contributed by atoms with van der Waals surface area (Å²) in [5.41, 5.74) is 2.03. The molecule has 0 bridgehead atoms. The molecule has 1 aromatic carbocycles. The molecule has 0 heterocycles. The Hall–Kier alpha value is -0.860. The van der Waals surface area contributed by atoms with Crippen LogP contribution in [0.15, 0.2) is 24.3 Å². The second kappa shape index (κ2) is 5.85. The Balaban J connectivity index is 3.06. The lowest BCUT2D eigenvalue weighted by Crippen LogP contribution is -2.25. The van der Waals surface area contributed by atoms with Crippen LogP contribution in [0.25, 0.3) is 0 Å². The molecule has 18 heavy (non-hydrogen) atoms. The van der Waals surface area contributed by atoms with Gasteiger partial charge in [0.2, 0.25) is 0 Å². The van der Waals surface area contributed by atoms with E-state index in [0.717, 1.165) is 12.8 Å². The average Bonchev–Trinajstić information content (AvgIpc) is 2.45. The first-order valence-electron chi connectivity index (χ1n) is 6.67. The van der Waals surface area contributed by atoms with E-state index in [0.29, 0.717) is 0 Å². The van der Waals surface area contributed by atoms with E-state index >= 15 is 0 Å². The highest BCUT2D eigenvalue weighted by Gasteiger charge is 2.27. The first kappa shape index (κ1) is 15.2. The molecule has 0 aliphatic heterocycles. The van der Waals surface area contributed by atoms with Crippen molar-refractivity contribution in [3.05, 3.63) is 35.4 Å². The molecule has 0 spiro atoms. The monoisotopic (exact) mass is 250 g/mol. The molecule has 0 saturated heterocycles. The van der Waals surface area contributed by atoms with Gasteiger partial charge in [0.15, 0.2) is 0 Å². The largest absolute Gasteiger partial charge is 0.374 e.